The number of rotatable bonds is 0. The first-order valence-corrected chi connectivity index (χ1v) is 4.97. The molecule has 0 fully saturated rings. The predicted molar refractivity (Wildman–Crippen MR) is 63.5 cm³/mol. The number of anilines is 1. The van der Waals surface area contributed by atoms with Gasteiger partial charge in [0.2, 0.25) is 5.95 Å². The second kappa shape index (κ2) is 4.61. The Hall–Kier alpha value is -2.11. The molecule has 0 atom stereocenters. The molecule has 0 aliphatic carbocycles. The molecule has 0 bridgehead atoms. The number of nitrogens with two attached hydrogens (primary N) is 1. The van der Waals surface area contributed by atoms with Crippen LogP contribution in [0.1, 0.15) is 19.4 Å². The number of aryl methyl sites for hydroxylation is 1. The van der Waals surface area contributed by atoms with Crippen molar-refractivity contribution in [3.8, 4) is 0 Å². The van der Waals surface area contributed by atoms with Crippen molar-refractivity contribution >= 4 is 16.9 Å². The summed E-state index contributed by atoms with van der Waals surface area (Å²) in [6.45, 7) is 5.74. The van der Waals surface area contributed by atoms with Crippen molar-refractivity contribution in [2.24, 2.45) is 0 Å². The van der Waals surface area contributed by atoms with Gasteiger partial charge in [0.05, 0.1) is 5.52 Å². The highest BCUT2D eigenvalue weighted by atomic mass is 16.1. The maximum absolute atomic E-state index is 11.4. The fourth-order valence-electron chi connectivity index (χ4n) is 1.30. The van der Waals surface area contributed by atoms with Gasteiger partial charge in [-0.05, 0) is 12.5 Å². The first-order valence-electron chi connectivity index (χ1n) is 4.97. The van der Waals surface area contributed by atoms with Gasteiger partial charge >= 0.3 is 0 Å². The number of nitrogen functional groups attached to an aromatic ring is 1. The Balaban J connectivity index is 0.000000606. The molecule has 0 aliphatic heterocycles. The van der Waals surface area contributed by atoms with Crippen molar-refractivity contribution in [1.29, 1.82) is 0 Å². The van der Waals surface area contributed by atoms with E-state index in [2.05, 4.69) is 15.0 Å². The number of nitrogens with one attached hydrogen (secondary N) is 2. The van der Waals surface area contributed by atoms with Crippen LogP contribution >= 0.6 is 0 Å². The molecule has 86 valence electrons. The van der Waals surface area contributed by atoms with Crippen molar-refractivity contribution in [3.63, 3.8) is 0 Å². The average molecular weight is 222 g/mol. The lowest BCUT2D eigenvalue weighted by molar-refractivity contribution is 1.14. The summed E-state index contributed by atoms with van der Waals surface area (Å²) in [6.07, 6.45) is 1.50. The molecule has 0 aliphatic rings. The number of aromatic nitrogens is 3. The molecule has 2 aromatic heterocycles. The minimum absolute atomic E-state index is 0.0104. The third kappa shape index (κ3) is 1.95. The summed E-state index contributed by atoms with van der Waals surface area (Å²) in [5.41, 5.74) is 5.44. The van der Waals surface area contributed by atoms with E-state index in [1.165, 1.54) is 6.20 Å². The second-order valence-electron chi connectivity index (χ2n) is 2.98. The number of hydrogen-bond donors (Lipinski definition) is 3. The standard InChI is InChI=1S/C8H8N4O2.C2H6/c1-3-2-10-6(13)4-5(3)11-8(9)12-7(4)14;1-2/h2H,1H3,(H,10,13)(H3,9,11,12,14);1-2H3. The summed E-state index contributed by atoms with van der Waals surface area (Å²) in [4.78, 5) is 31.3. The molecule has 6 nitrogen and oxygen atoms in total. The molecule has 0 amide bonds. The van der Waals surface area contributed by atoms with Gasteiger partial charge in [-0.15, -0.1) is 0 Å². The Morgan fingerprint density at radius 3 is 2.50 bits per heavy atom. The summed E-state index contributed by atoms with van der Waals surface area (Å²) in [6, 6.07) is 0. The first-order chi connectivity index (χ1) is 7.59. The number of pyridine rings is 1. The fourth-order valence-corrected chi connectivity index (χ4v) is 1.30. The van der Waals surface area contributed by atoms with Crippen molar-refractivity contribution in [1.82, 2.24) is 15.0 Å². The normalized spacial score (nSPS) is 9.69. The molecule has 0 aromatic carbocycles. The van der Waals surface area contributed by atoms with Crippen LogP contribution in [0, 0.1) is 6.92 Å². The molecule has 6 heteroatoms. The number of aromatic amines is 2. The predicted octanol–water partition coefficient (Wildman–Crippen LogP) is 0.528. The Bertz CT molecular complexity index is 612. The summed E-state index contributed by atoms with van der Waals surface area (Å²) in [5.74, 6) is 0.0104. The van der Waals surface area contributed by atoms with E-state index in [0.717, 1.165) is 0 Å². The smallest absolute Gasteiger partial charge is 0.265 e. The molecule has 2 heterocycles. The van der Waals surface area contributed by atoms with Crippen molar-refractivity contribution in [3.05, 3.63) is 32.5 Å². The van der Waals surface area contributed by atoms with Crippen molar-refractivity contribution in [2.75, 3.05) is 5.73 Å². The largest absolute Gasteiger partial charge is 0.369 e. The molecular formula is C10H14N4O2. The van der Waals surface area contributed by atoms with Crippen LogP contribution in [-0.4, -0.2) is 15.0 Å². The molecule has 0 radical (unpaired) electrons. The quantitative estimate of drug-likeness (QED) is 0.604. The molecule has 0 unspecified atom stereocenters. The van der Waals surface area contributed by atoms with Crippen LogP contribution in [-0.2, 0) is 0 Å². The molecule has 0 saturated carbocycles. The zero-order valence-corrected chi connectivity index (χ0v) is 9.42. The van der Waals surface area contributed by atoms with Gasteiger partial charge in [-0.2, -0.15) is 0 Å². The number of fused-ring (bicyclic) bond motifs is 1. The molecule has 2 rings (SSSR count). The van der Waals surface area contributed by atoms with E-state index in [0.29, 0.717) is 11.1 Å². The number of nitrogens with zero attached hydrogens (tertiary/aromatic N) is 1. The van der Waals surface area contributed by atoms with Gasteiger partial charge in [-0.25, -0.2) is 4.98 Å². The zero-order valence-electron chi connectivity index (χ0n) is 9.42. The van der Waals surface area contributed by atoms with Crippen LogP contribution in [0.5, 0.6) is 0 Å². The van der Waals surface area contributed by atoms with E-state index >= 15 is 0 Å². The minimum atomic E-state index is -0.516. The highest BCUT2D eigenvalue weighted by Crippen LogP contribution is 2.06. The second-order valence-corrected chi connectivity index (χ2v) is 2.98. The fraction of sp³-hybridized carbons (Fsp3) is 0.300. The van der Waals surface area contributed by atoms with Gasteiger partial charge in [0.25, 0.3) is 11.1 Å². The topological polar surface area (TPSA) is 105 Å². The van der Waals surface area contributed by atoms with Crippen molar-refractivity contribution < 1.29 is 0 Å². The molecular weight excluding hydrogens is 208 g/mol. The van der Waals surface area contributed by atoms with E-state index in [1.807, 2.05) is 13.8 Å². The summed E-state index contributed by atoms with van der Waals surface area (Å²) in [5, 5.41) is 0.0131. The maximum atomic E-state index is 11.4. The Morgan fingerprint density at radius 1 is 1.25 bits per heavy atom. The molecule has 2 aromatic rings. The van der Waals surface area contributed by atoms with E-state index in [4.69, 9.17) is 5.73 Å². The Labute approximate surface area is 91.5 Å². The third-order valence-corrected chi connectivity index (χ3v) is 1.96. The van der Waals surface area contributed by atoms with Gasteiger partial charge < -0.3 is 10.7 Å². The van der Waals surface area contributed by atoms with Gasteiger partial charge in [0.1, 0.15) is 5.39 Å². The minimum Gasteiger partial charge on any atom is -0.369 e. The molecule has 0 spiro atoms. The highest BCUT2D eigenvalue weighted by molar-refractivity contribution is 5.80. The first kappa shape index (κ1) is 12.0. The monoisotopic (exact) mass is 222 g/mol. The number of H-pyrrole nitrogens is 2. The van der Waals surface area contributed by atoms with Crippen LogP contribution in [0.15, 0.2) is 15.8 Å². The van der Waals surface area contributed by atoms with Crippen LogP contribution in [0.2, 0.25) is 0 Å². The van der Waals surface area contributed by atoms with Crippen LogP contribution in [0.25, 0.3) is 10.9 Å². The van der Waals surface area contributed by atoms with E-state index in [1.54, 1.807) is 6.92 Å². The van der Waals surface area contributed by atoms with E-state index in [-0.39, 0.29) is 11.3 Å². The van der Waals surface area contributed by atoms with Gasteiger partial charge in [-0.1, -0.05) is 13.8 Å². The van der Waals surface area contributed by atoms with Crippen LogP contribution in [0.4, 0.5) is 5.95 Å². The summed E-state index contributed by atoms with van der Waals surface area (Å²) >= 11 is 0. The molecule has 16 heavy (non-hydrogen) atoms. The zero-order chi connectivity index (χ0) is 12.3. The Morgan fingerprint density at radius 2 is 1.88 bits per heavy atom. The Kier molecular flexibility index (Phi) is 3.44. The van der Waals surface area contributed by atoms with E-state index < -0.39 is 11.1 Å². The molecule has 4 N–H and O–H groups in total. The average Bonchev–Trinajstić information content (AvgIpc) is 2.26. The highest BCUT2D eigenvalue weighted by Gasteiger charge is 2.07. The summed E-state index contributed by atoms with van der Waals surface area (Å²) in [7, 11) is 0. The number of hydrogen-bond acceptors (Lipinski definition) is 4. The SMILES string of the molecule is CC.Cc1c[nH]c(=O)c2c(=O)[nH]c(N)nc12. The van der Waals surface area contributed by atoms with Gasteiger partial charge in [0.15, 0.2) is 0 Å². The molecule has 0 saturated heterocycles. The van der Waals surface area contributed by atoms with Crippen LogP contribution in [0.3, 0.4) is 0 Å². The van der Waals surface area contributed by atoms with Gasteiger partial charge in [0, 0.05) is 6.20 Å². The van der Waals surface area contributed by atoms with Crippen molar-refractivity contribution in [2.45, 2.75) is 20.8 Å². The van der Waals surface area contributed by atoms with Gasteiger partial charge in [-0.3, -0.25) is 14.6 Å². The lowest BCUT2D eigenvalue weighted by Gasteiger charge is -1.99. The maximum Gasteiger partial charge on any atom is 0.265 e. The lowest BCUT2D eigenvalue weighted by Crippen LogP contribution is -2.20. The third-order valence-electron chi connectivity index (χ3n) is 1.96. The lowest BCUT2D eigenvalue weighted by atomic mass is 10.2. The summed E-state index contributed by atoms with van der Waals surface area (Å²) < 4.78 is 0. The van der Waals surface area contributed by atoms with Crippen LogP contribution < -0.4 is 16.9 Å². The van der Waals surface area contributed by atoms with E-state index in [9.17, 15) is 9.59 Å².